The Balaban J connectivity index is 3.52. The van der Waals surface area contributed by atoms with Gasteiger partial charge in [-0.1, -0.05) is 23.7 Å². The van der Waals surface area contributed by atoms with Crippen LogP contribution in [0.4, 0.5) is 0 Å². The average molecular weight is 165 g/mol. The van der Waals surface area contributed by atoms with Crippen LogP contribution in [-0.2, 0) is 0 Å². The minimum Gasteiger partial charge on any atom is -0.320 e. The van der Waals surface area contributed by atoms with Gasteiger partial charge in [-0.25, -0.2) is 0 Å². The van der Waals surface area contributed by atoms with Crippen molar-refractivity contribution >= 4 is 0 Å². The lowest BCUT2D eigenvalue weighted by Crippen LogP contribution is -2.19. The van der Waals surface area contributed by atoms with E-state index >= 15 is 0 Å². The van der Waals surface area contributed by atoms with Gasteiger partial charge in [0.25, 0.3) is 0 Å². The van der Waals surface area contributed by atoms with Crippen molar-refractivity contribution in [2.75, 3.05) is 33.2 Å². The van der Waals surface area contributed by atoms with Crippen LogP contribution in [0.15, 0.2) is 0 Å². The Morgan fingerprint density at radius 1 is 0.917 bits per heavy atom. The Morgan fingerprint density at radius 2 is 1.33 bits per heavy atom. The summed E-state index contributed by atoms with van der Waals surface area (Å²) in [5.41, 5.74) is 10.4. The molecule has 0 atom stereocenters. The minimum absolute atomic E-state index is 0.419. The smallest absolute Gasteiger partial charge is 0.0607 e. The summed E-state index contributed by atoms with van der Waals surface area (Å²) in [6.45, 7) is 2.25. The first kappa shape index (κ1) is 11.0. The van der Waals surface area contributed by atoms with Crippen molar-refractivity contribution in [2.24, 2.45) is 11.5 Å². The van der Waals surface area contributed by atoms with Crippen LogP contribution >= 0.6 is 0 Å². The highest BCUT2D eigenvalue weighted by molar-refractivity contribution is 5.05. The molecule has 0 amide bonds. The third kappa shape index (κ3) is 7.11. The minimum atomic E-state index is 0.419. The Morgan fingerprint density at radius 3 is 1.67 bits per heavy atom. The van der Waals surface area contributed by atoms with Crippen LogP contribution < -0.4 is 11.5 Å². The first-order chi connectivity index (χ1) is 5.81. The van der Waals surface area contributed by atoms with Gasteiger partial charge < -0.3 is 11.5 Å². The van der Waals surface area contributed by atoms with Gasteiger partial charge in [0, 0.05) is 0 Å². The molecule has 0 fully saturated rings. The van der Waals surface area contributed by atoms with Crippen LogP contribution in [-0.4, -0.2) is 38.1 Å². The van der Waals surface area contributed by atoms with Gasteiger partial charge in [-0.05, 0) is 7.05 Å². The van der Waals surface area contributed by atoms with Gasteiger partial charge in [0.1, 0.15) is 0 Å². The van der Waals surface area contributed by atoms with Crippen molar-refractivity contribution in [1.82, 2.24) is 4.90 Å². The van der Waals surface area contributed by atoms with Gasteiger partial charge in [0.2, 0.25) is 0 Å². The van der Waals surface area contributed by atoms with E-state index in [9.17, 15) is 0 Å². The third-order valence-corrected chi connectivity index (χ3v) is 1.15. The maximum Gasteiger partial charge on any atom is 0.0607 e. The predicted molar refractivity (Wildman–Crippen MR) is 51.2 cm³/mol. The lowest BCUT2D eigenvalue weighted by molar-refractivity contribution is 0.425. The van der Waals surface area contributed by atoms with Gasteiger partial charge in [0.05, 0.1) is 26.2 Å². The molecule has 12 heavy (non-hydrogen) atoms. The third-order valence-electron chi connectivity index (χ3n) is 1.15. The fourth-order valence-electron chi connectivity index (χ4n) is 0.582. The SMILES string of the molecule is CN(CC#CCN)CC#CCN. The summed E-state index contributed by atoms with van der Waals surface area (Å²) < 4.78 is 0. The quantitative estimate of drug-likeness (QED) is 0.508. The van der Waals surface area contributed by atoms with Crippen molar-refractivity contribution in [2.45, 2.75) is 0 Å². The summed E-state index contributed by atoms with van der Waals surface area (Å²) in [6.07, 6.45) is 0. The molecule has 0 saturated heterocycles. The molecule has 0 heterocycles. The topological polar surface area (TPSA) is 55.3 Å². The zero-order valence-corrected chi connectivity index (χ0v) is 7.43. The lowest BCUT2D eigenvalue weighted by Gasteiger charge is -2.06. The molecule has 0 unspecified atom stereocenters. The van der Waals surface area contributed by atoms with E-state index in [1.165, 1.54) is 0 Å². The molecule has 0 aliphatic heterocycles. The van der Waals surface area contributed by atoms with Crippen molar-refractivity contribution in [3.8, 4) is 23.7 Å². The van der Waals surface area contributed by atoms with Crippen molar-refractivity contribution in [3.63, 3.8) is 0 Å². The summed E-state index contributed by atoms with van der Waals surface area (Å²) in [6, 6.07) is 0. The van der Waals surface area contributed by atoms with Crippen LogP contribution in [0.25, 0.3) is 0 Å². The van der Waals surface area contributed by atoms with E-state index in [0.717, 1.165) is 0 Å². The highest BCUT2D eigenvalue weighted by Gasteiger charge is 1.88. The van der Waals surface area contributed by atoms with Crippen LogP contribution in [0.1, 0.15) is 0 Å². The molecule has 3 nitrogen and oxygen atoms in total. The predicted octanol–water partition coefficient (Wildman–Crippen LogP) is -1.16. The lowest BCUT2D eigenvalue weighted by atomic mass is 10.4. The fourth-order valence-corrected chi connectivity index (χ4v) is 0.582. The summed E-state index contributed by atoms with van der Waals surface area (Å²) in [7, 11) is 1.95. The first-order valence-corrected chi connectivity index (χ1v) is 3.81. The summed E-state index contributed by atoms with van der Waals surface area (Å²) in [5, 5.41) is 0. The normalized spacial score (nSPS) is 8.33. The molecular formula is C9H15N3. The van der Waals surface area contributed by atoms with Crippen LogP contribution in [0.5, 0.6) is 0 Å². The Hall–Kier alpha value is -1.00. The number of hydrogen-bond donors (Lipinski definition) is 2. The van der Waals surface area contributed by atoms with Crippen LogP contribution in [0.2, 0.25) is 0 Å². The Labute approximate surface area is 74.1 Å². The molecule has 66 valence electrons. The van der Waals surface area contributed by atoms with E-state index in [1.54, 1.807) is 0 Å². The summed E-state index contributed by atoms with van der Waals surface area (Å²) in [5.74, 6) is 11.4. The van der Waals surface area contributed by atoms with Crippen molar-refractivity contribution < 1.29 is 0 Å². The highest BCUT2D eigenvalue weighted by Crippen LogP contribution is 1.76. The Kier molecular flexibility index (Phi) is 7.42. The van der Waals surface area contributed by atoms with Crippen LogP contribution in [0.3, 0.4) is 0 Å². The number of rotatable bonds is 2. The van der Waals surface area contributed by atoms with E-state index in [2.05, 4.69) is 23.7 Å². The molecular weight excluding hydrogens is 150 g/mol. The van der Waals surface area contributed by atoms with Crippen LogP contribution in [0, 0.1) is 23.7 Å². The maximum absolute atomic E-state index is 5.20. The largest absolute Gasteiger partial charge is 0.320 e. The van der Waals surface area contributed by atoms with Gasteiger partial charge >= 0.3 is 0 Å². The average Bonchev–Trinajstić information content (AvgIpc) is 2.06. The molecule has 0 spiro atoms. The molecule has 0 aliphatic carbocycles. The molecule has 0 saturated carbocycles. The second-order valence-electron chi connectivity index (χ2n) is 2.29. The molecule has 4 N–H and O–H groups in total. The second kappa shape index (κ2) is 8.10. The summed E-state index contributed by atoms with van der Waals surface area (Å²) in [4.78, 5) is 2.01. The van der Waals surface area contributed by atoms with Crippen molar-refractivity contribution in [1.29, 1.82) is 0 Å². The molecule has 0 rings (SSSR count). The monoisotopic (exact) mass is 165 g/mol. The number of nitrogens with two attached hydrogens (primary N) is 2. The van der Waals surface area contributed by atoms with Gasteiger partial charge in [-0.15, -0.1) is 0 Å². The van der Waals surface area contributed by atoms with Gasteiger partial charge in [-0.2, -0.15) is 0 Å². The number of hydrogen-bond acceptors (Lipinski definition) is 3. The fraction of sp³-hybridized carbons (Fsp3) is 0.556. The molecule has 0 aliphatic rings. The van der Waals surface area contributed by atoms with Gasteiger partial charge in [-0.3, -0.25) is 4.90 Å². The van der Waals surface area contributed by atoms with Crippen molar-refractivity contribution in [3.05, 3.63) is 0 Å². The second-order valence-corrected chi connectivity index (χ2v) is 2.29. The molecule has 0 aromatic rings. The molecule has 0 bridgehead atoms. The summed E-state index contributed by atoms with van der Waals surface area (Å²) >= 11 is 0. The van der Waals surface area contributed by atoms with E-state index in [-0.39, 0.29) is 0 Å². The first-order valence-electron chi connectivity index (χ1n) is 3.81. The zero-order chi connectivity index (χ0) is 9.23. The zero-order valence-electron chi connectivity index (χ0n) is 7.43. The maximum atomic E-state index is 5.20. The van der Waals surface area contributed by atoms with Gasteiger partial charge in [0.15, 0.2) is 0 Å². The molecule has 0 aromatic carbocycles. The standard InChI is InChI=1S/C9H15N3/c1-12(8-4-2-6-10)9-5-3-7-11/h6-11H2,1H3. The number of nitrogens with zero attached hydrogens (tertiary/aromatic N) is 1. The molecule has 3 heteroatoms. The van der Waals surface area contributed by atoms with E-state index in [4.69, 9.17) is 11.5 Å². The van der Waals surface area contributed by atoms with E-state index in [1.807, 2.05) is 11.9 Å². The molecule has 0 aromatic heterocycles. The highest BCUT2D eigenvalue weighted by atomic mass is 15.1. The van der Waals surface area contributed by atoms with E-state index < -0.39 is 0 Å². The van der Waals surface area contributed by atoms with E-state index in [0.29, 0.717) is 26.2 Å². The molecule has 0 radical (unpaired) electrons. The Bertz CT molecular complexity index is 189.